The Morgan fingerprint density at radius 2 is 1.94 bits per heavy atom. The van der Waals surface area contributed by atoms with E-state index in [4.69, 9.17) is 21.0 Å². The molecule has 32 heavy (non-hydrogen) atoms. The second kappa shape index (κ2) is 8.27. The first-order valence-corrected chi connectivity index (χ1v) is 11.0. The molecule has 1 saturated heterocycles. The average molecular weight is 451 g/mol. The summed E-state index contributed by atoms with van der Waals surface area (Å²) in [7, 11) is 0. The Bertz CT molecular complexity index is 1240. The molecule has 4 aromatic heterocycles. The van der Waals surface area contributed by atoms with Crippen LogP contribution in [0.2, 0.25) is 5.02 Å². The molecule has 9 heteroatoms. The van der Waals surface area contributed by atoms with E-state index in [2.05, 4.69) is 15.0 Å². The Kier molecular flexibility index (Phi) is 5.30. The van der Waals surface area contributed by atoms with Crippen molar-refractivity contribution < 1.29 is 9.21 Å². The van der Waals surface area contributed by atoms with Crippen LogP contribution in [0.4, 0.5) is 5.82 Å². The lowest BCUT2D eigenvalue weighted by Crippen LogP contribution is -2.49. The molecule has 4 aromatic rings. The minimum atomic E-state index is -0.0303. The maximum atomic E-state index is 13.6. The van der Waals surface area contributed by atoms with Crippen LogP contribution in [0.3, 0.4) is 0 Å². The summed E-state index contributed by atoms with van der Waals surface area (Å²) >= 11 is 5.95. The molecule has 0 aliphatic carbocycles. The number of hydrogen-bond donors (Lipinski definition) is 0. The lowest BCUT2D eigenvalue weighted by molar-refractivity contribution is 0.0748. The van der Waals surface area contributed by atoms with Gasteiger partial charge in [0.2, 0.25) is 0 Å². The SMILES string of the molecule is CC(C)n1ncc2c(C(=O)N3CCN(c4ccc(Cl)cn4)CC3)cc(-c3ccco3)nc21. The number of nitrogens with zero attached hydrogens (tertiary/aromatic N) is 6. The smallest absolute Gasteiger partial charge is 0.254 e. The molecule has 0 N–H and O–H groups in total. The molecule has 164 valence electrons. The zero-order valence-electron chi connectivity index (χ0n) is 17.9. The first-order chi connectivity index (χ1) is 15.5. The summed E-state index contributed by atoms with van der Waals surface area (Å²) in [5.74, 6) is 1.46. The van der Waals surface area contributed by atoms with Gasteiger partial charge in [0.1, 0.15) is 11.5 Å². The first kappa shape index (κ1) is 20.5. The van der Waals surface area contributed by atoms with Crippen LogP contribution >= 0.6 is 11.6 Å². The minimum Gasteiger partial charge on any atom is -0.463 e. The molecule has 0 saturated carbocycles. The minimum absolute atomic E-state index is 0.0303. The van der Waals surface area contributed by atoms with E-state index in [-0.39, 0.29) is 11.9 Å². The van der Waals surface area contributed by atoms with Crippen molar-refractivity contribution in [1.29, 1.82) is 0 Å². The summed E-state index contributed by atoms with van der Waals surface area (Å²) in [6.07, 6.45) is 4.98. The summed E-state index contributed by atoms with van der Waals surface area (Å²) in [5.41, 5.74) is 1.89. The van der Waals surface area contributed by atoms with Gasteiger partial charge in [0.05, 0.1) is 28.4 Å². The topological polar surface area (TPSA) is 80.3 Å². The van der Waals surface area contributed by atoms with Gasteiger partial charge in [-0.05, 0) is 44.2 Å². The van der Waals surface area contributed by atoms with E-state index < -0.39 is 0 Å². The lowest BCUT2D eigenvalue weighted by atomic mass is 10.1. The van der Waals surface area contributed by atoms with Gasteiger partial charge in [-0.2, -0.15) is 5.10 Å². The van der Waals surface area contributed by atoms with Crippen molar-refractivity contribution in [2.45, 2.75) is 19.9 Å². The lowest BCUT2D eigenvalue weighted by Gasteiger charge is -2.35. The van der Waals surface area contributed by atoms with Gasteiger partial charge in [-0.3, -0.25) is 4.79 Å². The highest BCUT2D eigenvalue weighted by Crippen LogP contribution is 2.28. The van der Waals surface area contributed by atoms with Gasteiger partial charge < -0.3 is 14.2 Å². The monoisotopic (exact) mass is 450 g/mol. The summed E-state index contributed by atoms with van der Waals surface area (Å²) in [6.45, 7) is 6.68. The van der Waals surface area contributed by atoms with Gasteiger partial charge in [-0.25, -0.2) is 14.6 Å². The highest BCUT2D eigenvalue weighted by Gasteiger charge is 2.26. The third-order valence-corrected chi connectivity index (χ3v) is 5.89. The van der Waals surface area contributed by atoms with Crippen LogP contribution in [0.5, 0.6) is 0 Å². The summed E-state index contributed by atoms with van der Waals surface area (Å²) < 4.78 is 7.39. The van der Waals surface area contributed by atoms with Crippen molar-refractivity contribution in [3.05, 3.63) is 59.6 Å². The number of furan rings is 1. The Morgan fingerprint density at radius 1 is 1.12 bits per heavy atom. The van der Waals surface area contributed by atoms with Crippen LogP contribution in [0.15, 0.2) is 53.4 Å². The number of carbonyl (C=O) groups is 1. The van der Waals surface area contributed by atoms with Crippen LogP contribution in [-0.4, -0.2) is 56.7 Å². The van der Waals surface area contributed by atoms with E-state index in [1.807, 2.05) is 53.8 Å². The first-order valence-electron chi connectivity index (χ1n) is 10.6. The quantitative estimate of drug-likeness (QED) is 0.461. The summed E-state index contributed by atoms with van der Waals surface area (Å²) in [5, 5.41) is 5.85. The Labute approximate surface area is 190 Å². The van der Waals surface area contributed by atoms with Gasteiger partial charge in [0.25, 0.3) is 5.91 Å². The molecule has 0 spiro atoms. The third-order valence-electron chi connectivity index (χ3n) is 5.66. The fraction of sp³-hybridized carbons (Fsp3) is 0.304. The van der Waals surface area contributed by atoms with Crippen molar-refractivity contribution in [1.82, 2.24) is 24.6 Å². The van der Waals surface area contributed by atoms with E-state index in [1.54, 1.807) is 18.7 Å². The fourth-order valence-corrected chi connectivity index (χ4v) is 4.10. The predicted molar refractivity (Wildman–Crippen MR) is 123 cm³/mol. The van der Waals surface area contributed by atoms with E-state index in [0.717, 1.165) is 11.2 Å². The molecule has 5 rings (SSSR count). The van der Waals surface area contributed by atoms with Crippen LogP contribution in [0.1, 0.15) is 30.2 Å². The number of fused-ring (bicyclic) bond motifs is 1. The molecule has 0 bridgehead atoms. The molecule has 0 unspecified atom stereocenters. The number of hydrogen-bond acceptors (Lipinski definition) is 6. The summed E-state index contributed by atoms with van der Waals surface area (Å²) in [4.78, 5) is 26.8. The number of anilines is 1. The molecular formula is C23H23ClN6O2. The normalized spacial score (nSPS) is 14.5. The molecule has 0 radical (unpaired) electrons. The molecule has 5 heterocycles. The van der Waals surface area contributed by atoms with E-state index in [1.165, 1.54) is 0 Å². The molecule has 0 aromatic carbocycles. The molecule has 0 atom stereocenters. The maximum Gasteiger partial charge on any atom is 0.254 e. The van der Waals surface area contributed by atoms with Crippen molar-refractivity contribution in [3.63, 3.8) is 0 Å². The molecule has 1 aliphatic heterocycles. The molecule has 1 fully saturated rings. The number of carbonyl (C=O) groups excluding carboxylic acids is 1. The number of pyridine rings is 2. The number of piperazine rings is 1. The number of aromatic nitrogens is 4. The van der Waals surface area contributed by atoms with E-state index in [0.29, 0.717) is 53.9 Å². The maximum absolute atomic E-state index is 13.6. The zero-order chi connectivity index (χ0) is 22.2. The molecule has 1 aliphatic rings. The van der Waals surface area contributed by atoms with E-state index in [9.17, 15) is 4.79 Å². The predicted octanol–water partition coefficient (Wildman–Crippen LogP) is 4.28. The highest BCUT2D eigenvalue weighted by atomic mass is 35.5. The van der Waals surface area contributed by atoms with Crippen LogP contribution in [-0.2, 0) is 0 Å². The summed E-state index contributed by atoms with van der Waals surface area (Å²) in [6, 6.07) is 9.32. The van der Waals surface area contributed by atoms with Crippen LogP contribution in [0, 0.1) is 0 Å². The third kappa shape index (κ3) is 3.71. The van der Waals surface area contributed by atoms with Crippen molar-refractivity contribution in [2.75, 3.05) is 31.1 Å². The van der Waals surface area contributed by atoms with Crippen molar-refractivity contribution >= 4 is 34.4 Å². The Balaban J connectivity index is 1.45. The van der Waals surface area contributed by atoms with Crippen molar-refractivity contribution in [3.8, 4) is 11.5 Å². The molecule has 1 amide bonds. The van der Waals surface area contributed by atoms with Gasteiger partial charge in [0, 0.05) is 38.4 Å². The molecule has 8 nitrogen and oxygen atoms in total. The average Bonchev–Trinajstić information content (AvgIpc) is 3.49. The molecular weight excluding hydrogens is 428 g/mol. The number of rotatable bonds is 4. The van der Waals surface area contributed by atoms with E-state index >= 15 is 0 Å². The van der Waals surface area contributed by atoms with Crippen molar-refractivity contribution in [2.24, 2.45) is 0 Å². The van der Waals surface area contributed by atoms with Gasteiger partial charge in [-0.15, -0.1) is 0 Å². The Morgan fingerprint density at radius 3 is 2.59 bits per heavy atom. The number of halogens is 1. The van der Waals surface area contributed by atoms with Crippen LogP contribution < -0.4 is 4.90 Å². The highest BCUT2D eigenvalue weighted by molar-refractivity contribution is 6.30. The van der Waals surface area contributed by atoms with Gasteiger partial charge in [-0.1, -0.05) is 11.6 Å². The number of amides is 1. The van der Waals surface area contributed by atoms with Gasteiger partial charge >= 0.3 is 0 Å². The van der Waals surface area contributed by atoms with Crippen LogP contribution in [0.25, 0.3) is 22.5 Å². The second-order valence-electron chi connectivity index (χ2n) is 8.07. The zero-order valence-corrected chi connectivity index (χ0v) is 18.7. The largest absolute Gasteiger partial charge is 0.463 e. The van der Waals surface area contributed by atoms with Gasteiger partial charge in [0.15, 0.2) is 11.4 Å². The second-order valence-corrected chi connectivity index (χ2v) is 8.50. The standard InChI is InChI=1S/C23H23ClN6O2/c1-15(2)30-22-18(14-26-30)17(12-19(27-22)20-4-3-11-32-20)23(31)29-9-7-28(8-10-29)21-6-5-16(24)13-25-21/h3-6,11-15H,7-10H2,1-2H3. The fourth-order valence-electron chi connectivity index (χ4n) is 3.99. The Hall–Kier alpha value is -3.39.